The van der Waals surface area contributed by atoms with Gasteiger partial charge in [-0.15, -0.1) is 65.4 Å². The van der Waals surface area contributed by atoms with Crippen molar-refractivity contribution in [2.45, 2.75) is 6.85 Å². The molecule has 6 heteroatoms. The molecule has 0 saturated heterocycles. The summed E-state index contributed by atoms with van der Waals surface area (Å²) in [4.78, 5) is 12.9. The van der Waals surface area contributed by atoms with Gasteiger partial charge in [-0.3, -0.25) is 0 Å². The van der Waals surface area contributed by atoms with Crippen LogP contribution in [0.5, 0.6) is 0 Å². The number of aromatic nitrogens is 3. The van der Waals surface area contributed by atoms with Crippen LogP contribution in [0.15, 0.2) is 101 Å². The summed E-state index contributed by atoms with van der Waals surface area (Å²) in [6.45, 7) is -2.27. The molecule has 0 fully saturated rings. The molecule has 0 atom stereocenters. The smallest absolute Gasteiger partial charge is 0.216 e. The van der Waals surface area contributed by atoms with Crippen molar-refractivity contribution in [2.24, 2.45) is 0 Å². The number of benzene rings is 2. The summed E-state index contributed by atoms with van der Waals surface area (Å²) in [5.41, 5.74) is 4.46. The Morgan fingerprint density at radius 2 is 1.83 bits per heavy atom. The van der Waals surface area contributed by atoms with Gasteiger partial charge in [0.15, 0.2) is 0 Å². The van der Waals surface area contributed by atoms with Crippen molar-refractivity contribution in [1.29, 1.82) is 0 Å². The van der Waals surface area contributed by atoms with E-state index in [-0.39, 0.29) is 25.8 Å². The Bertz CT molecular complexity index is 1830. The van der Waals surface area contributed by atoms with E-state index in [4.69, 9.17) is 8.53 Å². The topological polar surface area (TPSA) is 51.8 Å². The van der Waals surface area contributed by atoms with Crippen LogP contribution in [0, 0.1) is 19.0 Å². The fourth-order valence-electron chi connectivity index (χ4n) is 3.88. The van der Waals surface area contributed by atoms with Gasteiger partial charge in [-0.05, 0) is 47.9 Å². The van der Waals surface area contributed by atoms with Crippen LogP contribution in [0.4, 0.5) is 0 Å². The molecule has 0 aliphatic heterocycles. The van der Waals surface area contributed by atoms with Gasteiger partial charge in [0.2, 0.25) is 5.71 Å². The van der Waals surface area contributed by atoms with Gasteiger partial charge in [-0.2, -0.15) is 0 Å². The van der Waals surface area contributed by atoms with Crippen LogP contribution >= 0.6 is 11.3 Å². The number of thiophene rings is 1. The first-order valence-corrected chi connectivity index (χ1v) is 11.8. The average molecular weight is 665 g/mol. The van der Waals surface area contributed by atoms with Gasteiger partial charge in [-0.25, -0.2) is 4.98 Å². The molecule has 7 rings (SSSR count). The maximum atomic E-state index is 7.54. The van der Waals surface area contributed by atoms with E-state index in [1.807, 2.05) is 78.3 Å². The van der Waals surface area contributed by atoms with Crippen molar-refractivity contribution < 1.29 is 28.6 Å². The van der Waals surface area contributed by atoms with Gasteiger partial charge in [-0.1, -0.05) is 29.1 Å². The Hall–Kier alpha value is -3.70. The fourth-order valence-corrected chi connectivity index (χ4v) is 4.68. The fraction of sp³-hybridized carbons (Fsp3) is 0.0333. The molecule has 4 nitrogen and oxygen atoms in total. The van der Waals surface area contributed by atoms with Crippen molar-refractivity contribution in [3.8, 4) is 22.5 Å². The number of fused-ring (bicyclic) bond motifs is 4. The van der Waals surface area contributed by atoms with Gasteiger partial charge >= 0.3 is 0 Å². The zero-order chi connectivity index (χ0) is 26.1. The molecule has 36 heavy (non-hydrogen) atoms. The number of nitrogens with zero attached hydrogens (tertiary/aromatic N) is 3. The zero-order valence-electron chi connectivity index (χ0n) is 21.7. The monoisotopic (exact) mass is 665 g/mol. The minimum absolute atomic E-state index is 0. The van der Waals surface area contributed by atoms with E-state index in [2.05, 4.69) is 27.1 Å². The summed E-state index contributed by atoms with van der Waals surface area (Å²) >= 11 is 1.65. The minimum atomic E-state index is -2.27. The zero-order valence-corrected chi connectivity index (χ0v) is 21.9. The molecule has 2 aromatic carbocycles. The first-order valence-electron chi connectivity index (χ1n) is 12.4. The number of furan rings is 1. The van der Waals surface area contributed by atoms with Crippen LogP contribution in [0.2, 0.25) is 0 Å². The first-order chi connectivity index (χ1) is 18.5. The number of hydrogen-bond donors (Lipinski definition) is 0. The van der Waals surface area contributed by atoms with Crippen LogP contribution in [-0.4, -0.2) is 15.0 Å². The van der Waals surface area contributed by atoms with E-state index in [1.165, 1.54) is 6.07 Å². The average Bonchev–Trinajstić information content (AvgIpc) is 3.57. The normalized spacial score (nSPS) is 12.3. The number of aryl methyl sites for hydroxylation is 1. The maximum absolute atomic E-state index is 7.54. The van der Waals surface area contributed by atoms with Gasteiger partial charge in [0.05, 0.1) is 5.58 Å². The van der Waals surface area contributed by atoms with Crippen LogP contribution < -0.4 is 0 Å². The Balaban J connectivity index is 0.000000200. The standard InChI is InChI=1S/C19H11N2OS.C11H8N.Ir/c1-11-5-6-14-13-3-2-4-15(18(13)22-19(14)21-11)16-9-17-12(10-20-16)7-8-23-17;1-2-6-10(7-3-1)11-8-4-5-9-12-11;/h2-3,5-10H,1H3;1-6,8-9H;/q2*-1;/i1D3;;. The van der Waals surface area contributed by atoms with E-state index in [0.717, 1.165) is 43.4 Å². The largest absolute Gasteiger partial charge is 0.486 e. The second kappa shape index (κ2) is 10.5. The first kappa shape index (κ1) is 20.5. The van der Waals surface area contributed by atoms with Gasteiger partial charge in [0.25, 0.3) is 0 Å². The maximum Gasteiger partial charge on any atom is 0.216 e. The third-order valence-electron chi connectivity index (χ3n) is 5.54. The number of pyridine rings is 3. The Morgan fingerprint density at radius 1 is 0.889 bits per heavy atom. The third-order valence-corrected chi connectivity index (χ3v) is 6.42. The Kier molecular flexibility index (Phi) is 5.98. The molecular formula is C30H19IrN3OS-2. The van der Waals surface area contributed by atoms with E-state index in [9.17, 15) is 0 Å². The second-order valence-corrected chi connectivity index (χ2v) is 8.71. The molecule has 0 bridgehead atoms. The number of rotatable bonds is 2. The van der Waals surface area contributed by atoms with E-state index in [0.29, 0.717) is 11.3 Å². The van der Waals surface area contributed by atoms with E-state index >= 15 is 0 Å². The molecule has 177 valence electrons. The molecule has 5 aromatic heterocycles. The molecule has 0 amide bonds. The predicted molar refractivity (Wildman–Crippen MR) is 142 cm³/mol. The molecule has 0 aliphatic carbocycles. The van der Waals surface area contributed by atoms with Crippen molar-refractivity contribution in [3.63, 3.8) is 0 Å². The Morgan fingerprint density at radius 3 is 2.67 bits per heavy atom. The van der Waals surface area contributed by atoms with Crippen molar-refractivity contribution in [3.05, 3.63) is 114 Å². The third kappa shape index (κ3) is 4.71. The summed E-state index contributed by atoms with van der Waals surface area (Å²) in [5.74, 6) is 0. The Labute approximate surface area is 230 Å². The van der Waals surface area contributed by atoms with Gasteiger partial charge in [0, 0.05) is 57.8 Å². The summed E-state index contributed by atoms with van der Waals surface area (Å²) < 4.78 is 29.7. The molecule has 5 heterocycles. The molecular weight excluding hydrogens is 643 g/mol. The van der Waals surface area contributed by atoms with Crippen LogP contribution in [0.1, 0.15) is 9.81 Å². The van der Waals surface area contributed by atoms with Crippen molar-refractivity contribution in [1.82, 2.24) is 15.0 Å². The molecule has 0 N–H and O–H groups in total. The molecule has 0 spiro atoms. The van der Waals surface area contributed by atoms with E-state index < -0.39 is 6.85 Å². The summed E-state index contributed by atoms with van der Waals surface area (Å²) in [6, 6.07) is 31.0. The van der Waals surface area contributed by atoms with Crippen LogP contribution in [0.25, 0.3) is 54.7 Å². The van der Waals surface area contributed by atoms with Crippen LogP contribution in [-0.2, 0) is 20.1 Å². The van der Waals surface area contributed by atoms with Crippen molar-refractivity contribution in [2.75, 3.05) is 0 Å². The van der Waals surface area contributed by atoms with Gasteiger partial charge < -0.3 is 14.4 Å². The summed E-state index contributed by atoms with van der Waals surface area (Å²) in [5, 5.41) is 4.77. The molecule has 0 saturated carbocycles. The van der Waals surface area contributed by atoms with Crippen LogP contribution in [0.3, 0.4) is 0 Å². The molecule has 7 aromatic rings. The molecule has 0 unspecified atom stereocenters. The molecule has 0 aliphatic rings. The predicted octanol–water partition coefficient (Wildman–Crippen LogP) is 7.91. The summed E-state index contributed by atoms with van der Waals surface area (Å²) in [6.07, 6.45) is 3.62. The van der Waals surface area contributed by atoms with Crippen molar-refractivity contribution >= 4 is 43.5 Å². The van der Waals surface area contributed by atoms with E-state index in [1.54, 1.807) is 23.6 Å². The molecule has 1 radical (unpaired) electrons. The SMILES string of the molecule is [2H]C([2H])([2H])c1ccc2c(n1)oc1c(-c3cc4sccc4cn3)[c-]ccc12.[Ir].[c-]1ccccc1-c1ccccn1. The van der Waals surface area contributed by atoms with Gasteiger partial charge in [0.1, 0.15) is 0 Å². The number of hydrogen-bond acceptors (Lipinski definition) is 5. The summed E-state index contributed by atoms with van der Waals surface area (Å²) in [7, 11) is 0. The second-order valence-electron chi connectivity index (χ2n) is 7.77. The quantitative estimate of drug-likeness (QED) is 0.176. The minimum Gasteiger partial charge on any atom is -0.486 e.